The van der Waals surface area contributed by atoms with Crippen LogP contribution in [0.1, 0.15) is 13.3 Å². The average molecular weight is 268 g/mol. The van der Waals surface area contributed by atoms with Crippen LogP contribution in [-0.4, -0.2) is 54.9 Å². The second kappa shape index (κ2) is 5.88. The van der Waals surface area contributed by atoms with Crippen molar-refractivity contribution in [2.75, 3.05) is 26.7 Å². The first kappa shape index (κ1) is 15.2. The van der Waals surface area contributed by atoms with Gasteiger partial charge in [0.05, 0.1) is 0 Å². The molecule has 4 nitrogen and oxygen atoms in total. The van der Waals surface area contributed by atoms with Crippen LogP contribution in [0.4, 0.5) is 13.2 Å². The fourth-order valence-corrected chi connectivity index (χ4v) is 2.27. The van der Waals surface area contributed by atoms with E-state index in [-0.39, 0.29) is 12.0 Å². The standard InChI is InChI=1S/C11H19F3N2O2/c1-7-6-16(2)4-3-9(7)15-5-8(10(17)18)11(12,13)14/h7-9,15H,3-6H2,1-2H3,(H,17,18). The van der Waals surface area contributed by atoms with Crippen molar-refractivity contribution in [1.82, 2.24) is 10.2 Å². The van der Waals surface area contributed by atoms with Crippen molar-refractivity contribution in [3.8, 4) is 0 Å². The molecular formula is C11H19F3N2O2. The first-order valence-electron chi connectivity index (χ1n) is 5.93. The van der Waals surface area contributed by atoms with Crippen molar-refractivity contribution >= 4 is 5.97 Å². The summed E-state index contributed by atoms with van der Waals surface area (Å²) < 4.78 is 37.4. The average Bonchev–Trinajstić information content (AvgIpc) is 2.18. The van der Waals surface area contributed by atoms with Gasteiger partial charge in [0.2, 0.25) is 0 Å². The molecule has 1 aliphatic rings. The second-order valence-electron chi connectivity index (χ2n) is 4.98. The smallest absolute Gasteiger partial charge is 0.403 e. The summed E-state index contributed by atoms with van der Waals surface area (Å²) in [7, 11) is 1.96. The van der Waals surface area contributed by atoms with Gasteiger partial charge in [-0.15, -0.1) is 0 Å². The van der Waals surface area contributed by atoms with Gasteiger partial charge in [0, 0.05) is 19.1 Å². The molecule has 1 aliphatic heterocycles. The molecule has 0 amide bonds. The van der Waals surface area contributed by atoms with E-state index in [0.29, 0.717) is 0 Å². The third kappa shape index (κ3) is 4.13. The summed E-state index contributed by atoms with van der Waals surface area (Å²) in [5, 5.41) is 11.3. The van der Waals surface area contributed by atoms with Crippen LogP contribution in [0, 0.1) is 11.8 Å². The van der Waals surface area contributed by atoms with E-state index in [0.717, 1.165) is 19.5 Å². The molecular weight excluding hydrogens is 249 g/mol. The molecule has 0 spiro atoms. The summed E-state index contributed by atoms with van der Waals surface area (Å²) in [5.41, 5.74) is 0. The number of rotatable bonds is 4. The number of carboxylic acids is 1. The number of hydrogen-bond donors (Lipinski definition) is 2. The summed E-state index contributed by atoms with van der Waals surface area (Å²) in [5.74, 6) is -3.94. The Morgan fingerprint density at radius 3 is 2.61 bits per heavy atom. The molecule has 3 atom stereocenters. The Morgan fingerprint density at radius 2 is 2.17 bits per heavy atom. The van der Waals surface area contributed by atoms with E-state index in [4.69, 9.17) is 5.11 Å². The molecule has 0 radical (unpaired) electrons. The molecule has 2 N–H and O–H groups in total. The van der Waals surface area contributed by atoms with Gasteiger partial charge in [0.15, 0.2) is 5.92 Å². The Balaban J connectivity index is 2.50. The molecule has 1 saturated heterocycles. The van der Waals surface area contributed by atoms with E-state index in [1.165, 1.54) is 0 Å². The van der Waals surface area contributed by atoms with Gasteiger partial charge in [0.1, 0.15) is 0 Å². The monoisotopic (exact) mass is 268 g/mol. The van der Waals surface area contributed by atoms with Crippen LogP contribution in [0.5, 0.6) is 0 Å². The SMILES string of the molecule is CC1CN(C)CCC1NCC(C(=O)O)C(F)(F)F. The maximum Gasteiger partial charge on any atom is 0.403 e. The zero-order valence-corrected chi connectivity index (χ0v) is 10.5. The third-order valence-electron chi connectivity index (χ3n) is 3.39. The van der Waals surface area contributed by atoms with Gasteiger partial charge in [-0.25, -0.2) is 0 Å². The summed E-state index contributed by atoms with van der Waals surface area (Å²) in [6, 6.07) is -0.0506. The predicted octanol–water partition coefficient (Wildman–Crippen LogP) is 1.18. The Kier molecular flexibility index (Phi) is 4.98. The van der Waals surface area contributed by atoms with E-state index in [1.807, 2.05) is 14.0 Å². The van der Waals surface area contributed by atoms with Gasteiger partial charge < -0.3 is 15.3 Å². The fraction of sp³-hybridized carbons (Fsp3) is 0.909. The van der Waals surface area contributed by atoms with E-state index in [2.05, 4.69) is 10.2 Å². The number of nitrogens with zero attached hydrogens (tertiary/aromatic N) is 1. The molecule has 3 unspecified atom stereocenters. The number of halogens is 3. The Bertz CT molecular complexity index is 297. The third-order valence-corrected chi connectivity index (χ3v) is 3.39. The maximum atomic E-state index is 12.5. The Labute approximate surface area is 104 Å². The molecule has 0 aromatic carbocycles. The van der Waals surface area contributed by atoms with Crippen LogP contribution in [-0.2, 0) is 4.79 Å². The van der Waals surface area contributed by atoms with Crippen molar-refractivity contribution in [2.24, 2.45) is 11.8 Å². The Hall–Kier alpha value is -0.820. The first-order chi connectivity index (χ1) is 8.21. The maximum absolute atomic E-state index is 12.5. The molecule has 18 heavy (non-hydrogen) atoms. The molecule has 0 bridgehead atoms. The van der Waals surface area contributed by atoms with Gasteiger partial charge in [-0.05, 0) is 25.9 Å². The minimum atomic E-state index is -4.70. The molecule has 0 aromatic rings. The number of carboxylic acid groups (broad SMARTS) is 1. The molecule has 7 heteroatoms. The zero-order valence-electron chi connectivity index (χ0n) is 10.5. The van der Waals surface area contributed by atoms with Crippen molar-refractivity contribution in [1.29, 1.82) is 0 Å². The molecule has 0 aliphatic carbocycles. The second-order valence-corrected chi connectivity index (χ2v) is 4.98. The van der Waals surface area contributed by atoms with Gasteiger partial charge >= 0.3 is 12.1 Å². The van der Waals surface area contributed by atoms with Gasteiger partial charge in [-0.1, -0.05) is 6.92 Å². The van der Waals surface area contributed by atoms with E-state index in [9.17, 15) is 18.0 Å². The minimum absolute atomic E-state index is 0.0506. The molecule has 1 fully saturated rings. The highest BCUT2D eigenvalue weighted by Gasteiger charge is 2.45. The summed E-state index contributed by atoms with van der Waals surface area (Å²) in [6.07, 6.45) is -3.96. The normalized spacial score (nSPS) is 28.1. The largest absolute Gasteiger partial charge is 0.481 e. The van der Waals surface area contributed by atoms with Crippen LogP contribution in [0.3, 0.4) is 0 Å². The van der Waals surface area contributed by atoms with Gasteiger partial charge in [-0.2, -0.15) is 13.2 Å². The lowest BCUT2D eigenvalue weighted by Crippen LogP contribution is -2.50. The highest BCUT2D eigenvalue weighted by atomic mass is 19.4. The highest BCUT2D eigenvalue weighted by Crippen LogP contribution is 2.26. The predicted molar refractivity (Wildman–Crippen MR) is 60.2 cm³/mol. The van der Waals surface area contributed by atoms with Crippen molar-refractivity contribution in [3.05, 3.63) is 0 Å². The molecule has 0 saturated carbocycles. The highest BCUT2D eigenvalue weighted by molar-refractivity contribution is 5.71. The summed E-state index contributed by atoms with van der Waals surface area (Å²) in [6.45, 7) is 3.02. The molecule has 106 valence electrons. The summed E-state index contributed by atoms with van der Waals surface area (Å²) >= 11 is 0. The minimum Gasteiger partial charge on any atom is -0.481 e. The number of nitrogens with one attached hydrogen (secondary N) is 1. The van der Waals surface area contributed by atoms with E-state index >= 15 is 0 Å². The van der Waals surface area contributed by atoms with Crippen LogP contribution in [0.25, 0.3) is 0 Å². The van der Waals surface area contributed by atoms with Gasteiger partial charge in [-0.3, -0.25) is 4.79 Å². The quantitative estimate of drug-likeness (QED) is 0.804. The molecule has 0 aromatic heterocycles. The number of hydrogen-bond acceptors (Lipinski definition) is 3. The van der Waals surface area contributed by atoms with Crippen molar-refractivity contribution in [3.63, 3.8) is 0 Å². The van der Waals surface area contributed by atoms with Crippen molar-refractivity contribution in [2.45, 2.75) is 25.6 Å². The zero-order chi connectivity index (χ0) is 13.9. The number of likely N-dealkylation sites (tertiary alicyclic amines) is 1. The number of piperidine rings is 1. The lowest BCUT2D eigenvalue weighted by molar-refractivity contribution is -0.192. The lowest BCUT2D eigenvalue weighted by atomic mass is 9.93. The first-order valence-corrected chi connectivity index (χ1v) is 5.93. The fourth-order valence-electron chi connectivity index (χ4n) is 2.27. The molecule has 1 rings (SSSR count). The van der Waals surface area contributed by atoms with Crippen LogP contribution in [0.15, 0.2) is 0 Å². The van der Waals surface area contributed by atoms with E-state index < -0.39 is 24.6 Å². The van der Waals surface area contributed by atoms with Gasteiger partial charge in [0.25, 0.3) is 0 Å². The lowest BCUT2D eigenvalue weighted by Gasteiger charge is -2.36. The number of aliphatic carboxylic acids is 1. The van der Waals surface area contributed by atoms with Crippen LogP contribution in [0.2, 0.25) is 0 Å². The molecule has 1 heterocycles. The van der Waals surface area contributed by atoms with Crippen molar-refractivity contribution < 1.29 is 23.1 Å². The topological polar surface area (TPSA) is 52.6 Å². The number of carbonyl (C=O) groups is 1. The number of alkyl halides is 3. The summed E-state index contributed by atoms with van der Waals surface area (Å²) in [4.78, 5) is 12.7. The van der Waals surface area contributed by atoms with Crippen LogP contribution >= 0.6 is 0 Å². The van der Waals surface area contributed by atoms with Crippen LogP contribution < -0.4 is 5.32 Å². The Morgan fingerprint density at radius 1 is 1.56 bits per heavy atom. The van der Waals surface area contributed by atoms with E-state index in [1.54, 1.807) is 0 Å².